The number of hydrogen-bond donors (Lipinski definition) is 0. The summed E-state index contributed by atoms with van der Waals surface area (Å²) in [5.41, 5.74) is 2.85. The van der Waals surface area contributed by atoms with Gasteiger partial charge in [-0.25, -0.2) is 0 Å². The highest BCUT2D eigenvalue weighted by Gasteiger charge is 2.30. The summed E-state index contributed by atoms with van der Waals surface area (Å²) in [6.07, 6.45) is 20.2. The number of unbranched alkanes of at least 4 members (excludes halogenated alkanes) is 1. The van der Waals surface area contributed by atoms with Crippen LogP contribution in [0.4, 0.5) is 0 Å². The summed E-state index contributed by atoms with van der Waals surface area (Å²) < 4.78 is 5.76. The van der Waals surface area contributed by atoms with Crippen molar-refractivity contribution in [3.05, 3.63) is 60.2 Å². The van der Waals surface area contributed by atoms with Crippen LogP contribution in [0.5, 0.6) is 0 Å². The summed E-state index contributed by atoms with van der Waals surface area (Å²) in [7, 11) is 0. The summed E-state index contributed by atoms with van der Waals surface area (Å²) >= 11 is 0. The Morgan fingerprint density at radius 1 is 0.929 bits per heavy atom. The van der Waals surface area contributed by atoms with Gasteiger partial charge in [0.2, 0.25) is 0 Å². The Bertz CT molecular complexity index is 583. The number of allylic oxidation sites excluding steroid dienone is 3. The SMILES string of the molecule is C=CCCCOCc1ccc(C2CCC(C3CCC(/C=C\C)CC3)CC2)cc1. The molecule has 3 rings (SSSR count). The van der Waals surface area contributed by atoms with Crippen LogP contribution in [0.2, 0.25) is 0 Å². The molecule has 0 heterocycles. The minimum atomic E-state index is 0.736. The predicted molar refractivity (Wildman–Crippen MR) is 120 cm³/mol. The van der Waals surface area contributed by atoms with E-state index in [-0.39, 0.29) is 0 Å². The van der Waals surface area contributed by atoms with Gasteiger partial charge in [0.05, 0.1) is 6.61 Å². The topological polar surface area (TPSA) is 9.23 Å². The molecule has 0 radical (unpaired) electrons. The van der Waals surface area contributed by atoms with Crippen molar-refractivity contribution in [3.8, 4) is 0 Å². The van der Waals surface area contributed by atoms with E-state index in [1.165, 1.54) is 56.9 Å². The maximum Gasteiger partial charge on any atom is 0.0716 e. The number of benzene rings is 1. The van der Waals surface area contributed by atoms with Gasteiger partial charge in [-0.1, -0.05) is 42.5 Å². The highest BCUT2D eigenvalue weighted by atomic mass is 16.5. The van der Waals surface area contributed by atoms with Crippen molar-refractivity contribution in [3.63, 3.8) is 0 Å². The molecule has 0 amide bonds. The normalized spacial score (nSPS) is 28.5. The Morgan fingerprint density at radius 2 is 1.57 bits per heavy atom. The van der Waals surface area contributed by atoms with Gasteiger partial charge in [0.15, 0.2) is 0 Å². The number of ether oxygens (including phenoxy) is 1. The molecule has 2 fully saturated rings. The van der Waals surface area contributed by atoms with Crippen LogP contribution in [-0.4, -0.2) is 6.61 Å². The first kappa shape index (κ1) is 21.4. The molecule has 0 bridgehead atoms. The first-order valence-corrected chi connectivity index (χ1v) is 11.7. The fraction of sp³-hybridized carbons (Fsp3) is 0.630. The van der Waals surface area contributed by atoms with E-state index in [0.717, 1.165) is 49.7 Å². The molecule has 1 aromatic rings. The Hall–Kier alpha value is -1.34. The largest absolute Gasteiger partial charge is 0.377 e. The van der Waals surface area contributed by atoms with Crippen molar-refractivity contribution >= 4 is 0 Å². The third-order valence-corrected chi connectivity index (χ3v) is 7.14. The summed E-state index contributed by atoms with van der Waals surface area (Å²) in [5, 5.41) is 0. The van der Waals surface area contributed by atoms with Gasteiger partial charge in [0.1, 0.15) is 0 Å². The maximum absolute atomic E-state index is 5.76. The van der Waals surface area contributed by atoms with E-state index in [2.05, 4.69) is 49.9 Å². The summed E-state index contributed by atoms with van der Waals surface area (Å²) in [4.78, 5) is 0. The lowest BCUT2D eigenvalue weighted by Gasteiger charge is -2.37. The van der Waals surface area contributed by atoms with Gasteiger partial charge in [0.25, 0.3) is 0 Å². The zero-order chi connectivity index (χ0) is 19.6. The van der Waals surface area contributed by atoms with E-state index in [4.69, 9.17) is 4.74 Å². The molecule has 0 unspecified atom stereocenters. The van der Waals surface area contributed by atoms with Crippen LogP contribution in [0.15, 0.2) is 49.1 Å². The van der Waals surface area contributed by atoms with Crippen LogP contribution in [0.25, 0.3) is 0 Å². The maximum atomic E-state index is 5.76. The monoisotopic (exact) mass is 380 g/mol. The zero-order valence-corrected chi connectivity index (χ0v) is 18.0. The Labute approximate surface area is 173 Å². The van der Waals surface area contributed by atoms with Crippen molar-refractivity contribution in [2.24, 2.45) is 17.8 Å². The smallest absolute Gasteiger partial charge is 0.0716 e. The van der Waals surface area contributed by atoms with Gasteiger partial charge < -0.3 is 4.74 Å². The Morgan fingerprint density at radius 3 is 2.18 bits per heavy atom. The molecule has 1 heteroatoms. The summed E-state index contributed by atoms with van der Waals surface area (Å²) in [6, 6.07) is 9.26. The molecular formula is C27H40O. The second kappa shape index (κ2) is 11.6. The second-order valence-electron chi connectivity index (χ2n) is 9.04. The number of rotatable bonds is 9. The van der Waals surface area contributed by atoms with Crippen LogP contribution < -0.4 is 0 Å². The zero-order valence-electron chi connectivity index (χ0n) is 18.0. The fourth-order valence-corrected chi connectivity index (χ4v) is 5.41. The van der Waals surface area contributed by atoms with Crippen LogP contribution >= 0.6 is 0 Å². The van der Waals surface area contributed by atoms with Crippen molar-refractivity contribution in [1.29, 1.82) is 0 Å². The highest BCUT2D eigenvalue weighted by Crippen LogP contribution is 2.44. The van der Waals surface area contributed by atoms with Crippen molar-refractivity contribution in [2.45, 2.75) is 83.7 Å². The van der Waals surface area contributed by atoms with E-state index in [1.54, 1.807) is 5.56 Å². The van der Waals surface area contributed by atoms with Gasteiger partial charge in [-0.3, -0.25) is 0 Å². The van der Waals surface area contributed by atoms with Crippen LogP contribution in [0, 0.1) is 17.8 Å². The van der Waals surface area contributed by atoms with Gasteiger partial charge in [-0.2, -0.15) is 0 Å². The third-order valence-electron chi connectivity index (χ3n) is 7.14. The van der Waals surface area contributed by atoms with E-state index in [1.807, 2.05) is 6.08 Å². The lowest BCUT2D eigenvalue weighted by Crippen LogP contribution is -2.25. The molecule has 2 aliphatic rings. The quantitative estimate of drug-likeness (QED) is 0.313. The minimum absolute atomic E-state index is 0.736. The van der Waals surface area contributed by atoms with E-state index in [9.17, 15) is 0 Å². The van der Waals surface area contributed by atoms with Gasteiger partial charge in [-0.05, 0) is 106 Å². The molecule has 0 aliphatic heterocycles. The molecule has 0 saturated heterocycles. The molecule has 2 aliphatic carbocycles. The molecule has 28 heavy (non-hydrogen) atoms. The predicted octanol–water partition coefficient (Wildman–Crippen LogP) is 7.83. The van der Waals surface area contributed by atoms with Crippen LogP contribution in [0.3, 0.4) is 0 Å². The molecule has 2 saturated carbocycles. The van der Waals surface area contributed by atoms with Crippen LogP contribution in [0.1, 0.15) is 88.2 Å². The first-order chi connectivity index (χ1) is 13.8. The van der Waals surface area contributed by atoms with Gasteiger partial charge >= 0.3 is 0 Å². The van der Waals surface area contributed by atoms with Crippen LogP contribution in [-0.2, 0) is 11.3 Å². The third kappa shape index (κ3) is 6.34. The highest BCUT2D eigenvalue weighted by molar-refractivity contribution is 5.25. The minimum Gasteiger partial charge on any atom is -0.377 e. The van der Waals surface area contributed by atoms with E-state index in [0.29, 0.717) is 0 Å². The second-order valence-corrected chi connectivity index (χ2v) is 9.04. The molecule has 154 valence electrons. The molecule has 0 N–H and O–H groups in total. The van der Waals surface area contributed by atoms with Crippen molar-refractivity contribution < 1.29 is 4.74 Å². The van der Waals surface area contributed by atoms with E-state index < -0.39 is 0 Å². The Kier molecular flexibility index (Phi) is 8.86. The lowest BCUT2D eigenvalue weighted by atomic mass is 9.68. The Balaban J connectivity index is 1.39. The number of hydrogen-bond acceptors (Lipinski definition) is 1. The van der Waals surface area contributed by atoms with E-state index >= 15 is 0 Å². The lowest BCUT2D eigenvalue weighted by molar-refractivity contribution is 0.119. The summed E-state index contributed by atoms with van der Waals surface area (Å²) in [6.45, 7) is 7.48. The average Bonchev–Trinajstić information content (AvgIpc) is 2.75. The van der Waals surface area contributed by atoms with Gasteiger partial charge in [-0.15, -0.1) is 6.58 Å². The average molecular weight is 381 g/mol. The first-order valence-electron chi connectivity index (χ1n) is 11.7. The molecule has 1 nitrogen and oxygen atoms in total. The molecule has 0 atom stereocenters. The molecule has 0 aromatic heterocycles. The summed E-state index contributed by atoms with van der Waals surface area (Å²) in [5.74, 6) is 3.63. The molecule has 0 spiro atoms. The van der Waals surface area contributed by atoms with Crippen molar-refractivity contribution in [2.75, 3.05) is 6.61 Å². The molecule has 1 aromatic carbocycles. The molecular weight excluding hydrogens is 340 g/mol. The fourth-order valence-electron chi connectivity index (χ4n) is 5.41. The van der Waals surface area contributed by atoms with Gasteiger partial charge in [0, 0.05) is 6.61 Å². The standard InChI is InChI=1S/C27H40O/c1-3-5-6-20-28-21-23-10-14-25(15-11-23)27-18-16-26(17-19-27)24-12-8-22(7-4-2)9-13-24/h3-4,7,10-11,14-15,22,24,26-27H,1,5-6,8-9,12-13,16-21H2,2H3/b7-4-. The van der Waals surface area contributed by atoms with Crippen molar-refractivity contribution in [1.82, 2.24) is 0 Å².